The van der Waals surface area contributed by atoms with E-state index >= 15 is 0 Å². The van der Waals surface area contributed by atoms with Crippen LogP contribution in [0.4, 0.5) is 4.79 Å². The predicted octanol–water partition coefficient (Wildman–Crippen LogP) is 3.28. The van der Waals surface area contributed by atoms with E-state index in [2.05, 4.69) is 10.3 Å². The van der Waals surface area contributed by atoms with Crippen molar-refractivity contribution < 1.29 is 13.9 Å². The molecule has 0 unspecified atom stereocenters. The van der Waals surface area contributed by atoms with E-state index in [1.165, 1.54) is 19.3 Å². The van der Waals surface area contributed by atoms with Crippen LogP contribution in [-0.4, -0.2) is 51.5 Å². The van der Waals surface area contributed by atoms with Gasteiger partial charge in [-0.05, 0) is 26.7 Å². The quantitative estimate of drug-likeness (QED) is 0.751. The number of oxazole rings is 1. The summed E-state index contributed by atoms with van der Waals surface area (Å²) >= 11 is 0. The van der Waals surface area contributed by atoms with Gasteiger partial charge in [0.25, 0.3) is 0 Å². The zero-order valence-electron chi connectivity index (χ0n) is 17.4. The van der Waals surface area contributed by atoms with E-state index in [1.54, 1.807) is 6.20 Å². The fraction of sp³-hybridized carbons (Fsp3) is 0.667. The molecule has 29 heavy (non-hydrogen) atoms. The molecule has 158 valence electrons. The summed E-state index contributed by atoms with van der Waals surface area (Å²) in [5.74, 6) is 1.27. The second-order valence-corrected chi connectivity index (χ2v) is 7.93. The molecule has 2 amide bonds. The minimum absolute atomic E-state index is 0.0270. The molecule has 8 heteroatoms. The second kappa shape index (κ2) is 8.98. The van der Waals surface area contributed by atoms with Crippen molar-refractivity contribution >= 4 is 6.03 Å². The zero-order chi connectivity index (χ0) is 20.2. The van der Waals surface area contributed by atoms with Crippen LogP contribution in [0.3, 0.4) is 0 Å². The van der Waals surface area contributed by atoms with Crippen LogP contribution < -0.4 is 5.32 Å². The minimum atomic E-state index is 0.0270. The maximum absolute atomic E-state index is 12.9. The summed E-state index contributed by atoms with van der Waals surface area (Å²) in [6.45, 7) is 7.06. The number of amides is 2. The van der Waals surface area contributed by atoms with Gasteiger partial charge in [0, 0.05) is 36.9 Å². The van der Waals surface area contributed by atoms with Crippen molar-refractivity contribution in [2.75, 3.05) is 19.8 Å². The Morgan fingerprint density at radius 1 is 1.34 bits per heavy atom. The monoisotopic (exact) mass is 401 g/mol. The normalized spacial score (nSPS) is 17.4. The van der Waals surface area contributed by atoms with E-state index in [1.807, 2.05) is 23.4 Å². The maximum atomic E-state index is 12.9. The van der Waals surface area contributed by atoms with Crippen molar-refractivity contribution in [1.82, 2.24) is 25.0 Å². The van der Waals surface area contributed by atoms with E-state index in [0.717, 1.165) is 42.0 Å². The molecule has 8 nitrogen and oxygen atoms in total. The Labute approximate surface area is 171 Å². The number of urea groups is 1. The third-order valence-corrected chi connectivity index (χ3v) is 5.83. The number of nitrogens with one attached hydrogen (secondary N) is 1. The molecule has 4 rings (SSSR count). The molecular formula is C21H31N5O3. The number of rotatable bonds is 6. The first-order chi connectivity index (χ1) is 14.2. The highest BCUT2D eigenvalue weighted by Crippen LogP contribution is 2.30. The highest BCUT2D eigenvalue weighted by molar-refractivity contribution is 5.75. The third-order valence-electron chi connectivity index (χ3n) is 5.83. The summed E-state index contributed by atoms with van der Waals surface area (Å²) in [4.78, 5) is 19.1. The number of ether oxygens (including phenoxy) is 1. The van der Waals surface area contributed by atoms with Crippen LogP contribution in [0.25, 0.3) is 11.6 Å². The van der Waals surface area contributed by atoms with Crippen LogP contribution in [0.2, 0.25) is 0 Å². The van der Waals surface area contributed by atoms with Gasteiger partial charge < -0.3 is 19.4 Å². The van der Waals surface area contributed by atoms with E-state index in [4.69, 9.17) is 14.3 Å². The Balaban J connectivity index is 1.54. The Hall–Kier alpha value is -2.35. The lowest BCUT2D eigenvalue weighted by molar-refractivity contribution is 0.135. The zero-order valence-corrected chi connectivity index (χ0v) is 17.4. The van der Waals surface area contributed by atoms with Gasteiger partial charge in [0.15, 0.2) is 5.69 Å². The Kier molecular flexibility index (Phi) is 6.18. The molecule has 1 saturated carbocycles. The molecular weight excluding hydrogens is 370 g/mol. The molecule has 2 aliphatic rings. The molecule has 0 spiro atoms. The van der Waals surface area contributed by atoms with Gasteiger partial charge >= 0.3 is 6.03 Å². The Bertz CT molecular complexity index is 837. The molecule has 1 aliphatic heterocycles. The highest BCUT2D eigenvalue weighted by Gasteiger charge is 2.30. The number of carbonyl (C=O) groups excluding carboxylic acids is 1. The topological polar surface area (TPSA) is 85.4 Å². The molecule has 0 saturated heterocycles. The lowest BCUT2D eigenvalue weighted by Gasteiger charge is -2.31. The van der Waals surface area contributed by atoms with Crippen LogP contribution in [0.5, 0.6) is 0 Å². The molecule has 2 aromatic heterocycles. The molecule has 1 aliphatic carbocycles. The van der Waals surface area contributed by atoms with Gasteiger partial charge in [-0.15, -0.1) is 0 Å². The maximum Gasteiger partial charge on any atom is 0.317 e. The van der Waals surface area contributed by atoms with Gasteiger partial charge in [-0.2, -0.15) is 5.10 Å². The van der Waals surface area contributed by atoms with Gasteiger partial charge in [-0.1, -0.05) is 19.3 Å². The number of nitrogens with zero attached hydrogens (tertiary/aromatic N) is 4. The molecule has 0 bridgehead atoms. The lowest BCUT2D eigenvalue weighted by Crippen LogP contribution is -2.47. The number of aromatic nitrogens is 3. The highest BCUT2D eigenvalue weighted by atomic mass is 16.5. The fourth-order valence-corrected chi connectivity index (χ4v) is 4.29. The summed E-state index contributed by atoms with van der Waals surface area (Å²) in [7, 11) is 0. The predicted molar refractivity (Wildman–Crippen MR) is 108 cm³/mol. The largest absolute Gasteiger partial charge is 0.440 e. The molecule has 1 fully saturated rings. The first kappa shape index (κ1) is 19.9. The van der Waals surface area contributed by atoms with Crippen LogP contribution in [-0.2, 0) is 24.2 Å². The summed E-state index contributed by atoms with van der Waals surface area (Å²) in [6.07, 6.45) is 8.33. The average Bonchev–Trinajstić information content (AvgIpc) is 3.32. The van der Waals surface area contributed by atoms with Crippen LogP contribution in [0.1, 0.15) is 56.0 Å². The lowest BCUT2D eigenvalue weighted by atomic mass is 9.95. The smallest absolute Gasteiger partial charge is 0.317 e. The molecule has 1 N–H and O–H groups in total. The summed E-state index contributed by atoms with van der Waals surface area (Å²) in [5, 5.41) is 8.01. The van der Waals surface area contributed by atoms with Crippen LogP contribution in [0.15, 0.2) is 10.6 Å². The number of aryl methyl sites for hydroxylation is 1. The Morgan fingerprint density at radius 3 is 2.90 bits per heavy atom. The van der Waals surface area contributed by atoms with Crippen molar-refractivity contribution in [3.8, 4) is 11.6 Å². The number of hydrogen-bond acceptors (Lipinski definition) is 5. The van der Waals surface area contributed by atoms with E-state index in [9.17, 15) is 4.79 Å². The minimum Gasteiger partial charge on any atom is -0.440 e. The fourth-order valence-electron chi connectivity index (χ4n) is 4.29. The van der Waals surface area contributed by atoms with Gasteiger partial charge in [-0.25, -0.2) is 9.78 Å². The number of carbonyl (C=O) groups is 1. The van der Waals surface area contributed by atoms with Gasteiger partial charge in [0.2, 0.25) is 5.89 Å². The van der Waals surface area contributed by atoms with Crippen molar-refractivity contribution in [3.05, 3.63) is 23.2 Å². The van der Waals surface area contributed by atoms with Gasteiger partial charge in [0.05, 0.1) is 25.9 Å². The van der Waals surface area contributed by atoms with E-state index in [-0.39, 0.29) is 6.03 Å². The standard InChI is InChI=1S/C21H31N5O3/c1-3-28-12-11-26-18-9-10-25(21(27)23-16-7-5-4-6-8-16)14-17(18)19(24-26)20-22-13-15(2)29-20/h13,16H,3-12,14H2,1-2H3,(H,23,27). The third kappa shape index (κ3) is 4.47. The summed E-state index contributed by atoms with van der Waals surface area (Å²) in [6, 6.07) is 0.333. The van der Waals surface area contributed by atoms with Gasteiger partial charge in [0.1, 0.15) is 5.76 Å². The first-order valence-corrected chi connectivity index (χ1v) is 10.8. The molecule has 0 aromatic carbocycles. The molecule has 2 aromatic rings. The van der Waals surface area contributed by atoms with Crippen molar-refractivity contribution in [3.63, 3.8) is 0 Å². The number of hydrogen-bond donors (Lipinski definition) is 1. The van der Waals surface area contributed by atoms with E-state index < -0.39 is 0 Å². The van der Waals surface area contributed by atoms with Crippen molar-refractivity contribution in [1.29, 1.82) is 0 Å². The van der Waals surface area contributed by atoms with Crippen LogP contribution in [0, 0.1) is 6.92 Å². The average molecular weight is 402 g/mol. The van der Waals surface area contributed by atoms with E-state index in [0.29, 0.717) is 44.8 Å². The first-order valence-electron chi connectivity index (χ1n) is 10.8. The van der Waals surface area contributed by atoms with Crippen LogP contribution >= 0.6 is 0 Å². The molecule has 0 radical (unpaired) electrons. The molecule has 3 heterocycles. The second-order valence-electron chi connectivity index (χ2n) is 7.93. The van der Waals surface area contributed by atoms with Gasteiger partial charge in [-0.3, -0.25) is 4.68 Å². The van der Waals surface area contributed by atoms with Crippen molar-refractivity contribution in [2.24, 2.45) is 0 Å². The van der Waals surface area contributed by atoms with Crippen molar-refractivity contribution in [2.45, 2.75) is 71.5 Å². The number of fused-ring (bicyclic) bond motifs is 1. The summed E-state index contributed by atoms with van der Waals surface area (Å²) in [5.41, 5.74) is 2.92. The summed E-state index contributed by atoms with van der Waals surface area (Å²) < 4.78 is 13.3. The Morgan fingerprint density at radius 2 is 2.17 bits per heavy atom. The molecule has 0 atom stereocenters. The SMILES string of the molecule is CCOCCn1nc(-c2ncc(C)o2)c2c1CCN(C(=O)NC1CCCCC1)C2.